The van der Waals surface area contributed by atoms with Gasteiger partial charge in [0.1, 0.15) is 0 Å². The van der Waals surface area contributed by atoms with Crippen molar-refractivity contribution >= 4 is 11.6 Å². The zero-order valence-corrected chi connectivity index (χ0v) is 12.6. The average molecular weight is 303 g/mol. The first kappa shape index (κ1) is 15.0. The zero-order valence-electron chi connectivity index (χ0n) is 12.6. The number of carbonyl (C=O) groups is 1. The van der Waals surface area contributed by atoms with Crippen molar-refractivity contribution in [2.75, 3.05) is 19.6 Å². The van der Waals surface area contributed by atoms with Gasteiger partial charge in [-0.25, -0.2) is 0 Å². The Morgan fingerprint density at radius 3 is 3.00 bits per heavy atom. The molecular weight excluding hydrogens is 282 g/mol. The third kappa shape index (κ3) is 3.27. The summed E-state index contributed by atoms with van der Waals surface area (Å²) in [5.41, 5.74) is 2.14. The van der Waals surface area contributed by atoms with Gasteiger partial charge in [0.2, 0.25) is 5.91 Å². The Hall–Kier alpha value is -1.95. The number of nitrogens with one attached hydrogen (secondary N) is 1. The van der Waals surface area contributed by atoms with Gasteiger partial charge in [-0.1, -0.05) is 6.07 Å². The van der Waals surface area contributed by atoms with Gasteiger partial charge in [-0.15, -0.1) is 0 Å². The lowest BCUT2D eigenvalue weighted by Gasteiger charge is -2.29. The van der Waals surface area contributed by atoms with Crippen molar-refractivity contribution < 1.29 is 9.72 Å². The quantitative estimate of drug-likeness (QED) is 0.680. The van der Waals surface area contributed by atoms with E-state index in [0.717, 1.165) is 43.5 Å². The van der Waals surface area contributed by atoms with Crippen molar-refractivity contribution in [1.82, 2.24) is 10.2 Å². The molecule has 2 heterocycles. The van der Waals surface area contributed by atoms with E-state index in [1.165, 1.54) is 0 Å². The van der Waals surface area contributed by atoms with Crippen LogP contribution in [0.3, 0.4) is 0 Å². The van der Waals surface area contributed by atoms with Crippen LogP contribution in [0.25, 0.3) is 0 Å². The molecule has 6 nitrogen and oxygen atoms in total. The molecule has 2 aliphatic rings. The minimum Gasteiger partial charge on any atom is -0.338 e. The highest BCUT2D eigenvalue weighted by molar-refractivity contribution is 5.76. The number of rotatable bonds is 4. The zero-order chi connectivity index (χ0) is 15.5. The Bertz CT molecular complexity index is 582. The van der Waals surface area contributed by atoms with Crippen LogP contribution >= 0.6 is 0 Å². The lowest BCUT2D eigenvalue weighted by Crippen LogP contribution is -2.36. The molecule has 0 radical (unpaired) electrons. The average Bonchev–Trinajstić information content (AvgIpc) is 3.04. The number of amides is 1. The highest BCUT2D eigenvalue weighted by Crippen LogP contribution is 2.25. The van der Waals surface area contributed by atoms with E-state index in [-0.39, 0.29) is 16.5 Å². The highest BCUT2D eigenvalue weighted by atomic mass is 16.6. The van der Waals surface area contributed by atoms with E-state index >= 15 is 0 Å². The maximum absolute atomic E-state index is 12.4. The van der Waals surface area contributed by atoms with E-state index in [1.54, 1.807) is 12.1 Å². The Morgan fingerprint density at radius 1 is 1.41 bits per heavy atom. The largest absolute Gasteiger partial charge is 0.338 e. The molecule has 3 rings (SSSR count). The molecule has 0 bridgehead atoms. The smallest absolute Gasteiger partial charge is 0.269 e. The van der Waals surface area contributed by atoms with E-state index < -0.39 is 0 Å². The Labute approximate surface area is 129 Å². The number of benzene rings is 1. The Balaban J connectivity index is 1.61. The van der Waals surface area contributed by atoms with Crippen LogP contribution in [0.2, 0.25) is 0 Å². The minimum atomic E-state index is -0.381. The number of fused-ring (bicyclic) bond motifs is 1. The second-order valence-corrected chi connectivity index (χ2v) is 6.17. The van der Waals surface area contributed by atoms with Crippen LogP contribution in [0, 0.1) is 16.0 Å². The number of carbonyl (C=O) groups excluding carboxylic acids is 1. The summed E-state index contributed by atoms with van der Waals surface area (Å²) in [6.45, 7) is 3.28. The van der Waals surface area contributed by atoms with Crippen molar-refractivity contribution in [3.63, 3.8) is 0 Å². The summed E-state index contributed by atoms with van der Waals surface area (Å²) in [5, 5.41) is 14.2. The van der Waals surface area contributed by atoms with E-state index in [0.29, 0.717) is 25.4 Å². The van der Waals surface area contributed by atoms with Gasteiger partial charge in [-0.3, -0.25) is 14.9 Å². The minimum absolute atomic E-state index is 0.102. The van der Waals surface area contributed by atoms with Gasteiger partial charge < -0.3 is 10.2 Å². The normalized spacial score (nSPS) is 20.7. The fraction of sp³-hybridized carbons (Fsp3) is 0.562. The third-order valence-electron chi connectivity index (χ3n) is 4.69. The lowest BCUT2D eigenvalue weighted by molar-refractivity contribution is -0.385. The summed E-state index contributed by atoms with van der Waals surface area (Å²) >= 11 is 0. The standard InChI is InChI=1S/C16H21N3O3/c20-16(4-1-12-5-7-17-10-12)18-8-6-13-2-3-15(19(21)22)9-14(13)11-18/h2-3,9,12,17H,1,4-8,10-11H2. The highest BCUT2D eigenvalue weighted by Gasteiger charge is 2.23. The summed E-state index contributed by atoms with van der Waals surface area (Å²) in [4.78, 5) is 24.7. The molecule has 0 saturated carbocycles. The number of nitro benzene ring substituents is 1. The SMILES string of the molecule is O=C(CCC1CCNC1)N1CCc2ccc([N+](=O)[O-])cc2C1. The predicted octanol–water partition coefficient (Wildman–Crippen LogP) is 1.87. The van der Waals surface area contributed by atoms with Crippen molar-refractivity contribution in [1.29, 1.82) is 0 Å². The fourth-order valence-electron chi connectivity index (χ4n) is 3.32. The molecule has 0 aromatic heterocycles. The molecule has 0 aliphatic carbocycles. The molecule has 22 heavy (non-hydrogen) atoms. The van der Waals surface area contributed by atoms with Gasteiger partial charge in [0.15, 0.2) is 0 Å². The van der Waals surface area contributed by atoms with Gasteiger partial charge in [0.05, 0.1) is 4.92 Å². The molecule has 1 N–H and O–H groups in total. The number of nitro groups is 1. The predicted molar refractivity (Wildman–Crippen MR) is 82.4 cm³/mol. The second kappa shape index (κ2) is 6.44. The van der Waals surface area contributed by atoms with Crippen LogP contribution in [0.4, 0.5) is 5.69 Å². The first-order chi connectivity index (χ1) is 10.6. The maximum atomic E-state index is 12.4. The van der Waals surface area contributed by atoms with Crippen molar-refractivity contribution in [2.45, 2.75) is 32.2 Å². The molecule has 1 fully saturated rings. The van der Waals surface area contributed by atoms with Gasteiger partial charge in [0, 0.05) is 31.6 Å². The van der Waals surface area contributed by atoms with Crippen molar-refractivity contribution in [3.05, 3.63) is 39.4 Å². The number of hydrogen-bond donors (Lipinski definition) is 1. The molecule has 1 aromatic rings. The number of nitrogens with zero attached hydrogens (tertiary/aromatic N) is 2. The molecule has 2 aliphatic heterocycles. The van der Waals surface area contributed by atoms with Gasteiger partial charge >= 0.3 is 0 Å². The topological polar surface area (TPSA) is 75.5 Å². The van der Waals surface area contributed by atoms with Crippen LogP contribution in [0.5, 0.6) is 0 Å². The van der Waals surface area contributed by atoms with E-state index in [4.69, 9.17) is 0 Å². The third-order valence-corrected chi connectivity index (χ3v) is 4.69. The van der Waals surface area contributed by atoms with Crippen LogP contribution in [-0.2, 0) is 17.8 Å². The maximum Gasteiger partial charge on any atom is 0.269 e. The number of non-ortho nitro benzene ring substituents is 1. The summed E-state index contributed by atoms with van der Waals surface area (Å²) in [6, 6.07) is 4.97. The molecule has 1 aromatic carbocycles. The van der Waals surface area contributed by atoms with Crippen LogP contribution < -0.4 is 5.32 Å². The molecule has 1 saturated heterocycles. The van der Waals surface area contributed by atoms with E-state index in [2.05, 4.69) is 5.32 Å². The summed E-state index contributed by atoms with van der Waals surface area (Å²) in [5.74, 6) is 0.783. The van der Waals surface area contributed by atoms with Gasteiger partial charge in [-0.2, -0.15) is 0 Å². The molecule has 1 unspecified atom stereocenters. The van der Waals surface area contributed by atoms with Crippen LogP contribution in [0.15, 0.2) is 18.2 Å². The first-order valence-electron chi connectivity index (χ1n) is 7.88. The summed E-state index contributed by atoms with van der Waals surface area (Å²) < 4.78 is 0. The number of hydrogen-bond acceptors (Lipinski definition) is 4. The molecule has 6 heteroatoms. The van der Waals surface area contributed by atoms with E-state index in [1.807, 2.05) is 11.0 Å². The molecular formula is C16H21N3O3. The first-order valence-corrected chi connectivity index (χ1v) is 7.88. The summed E-state index contributed by atoms with van der Waals surface area (Å²) in [6.07, 6.45) is 3.45. The van der Waals surface area contributed by atoms with Gasteiger partial charge in [-0.05, 0) is 49.4 Å². The van der Waals surface area contributed by atoms with Gasteiger partial charge in [0.25, 0.3) is 5.69 Å². The lowest BCUT2D eigenvalue weighted by atomic mass is 9.97. The molecule has 1 amide bonds. The molecule has 118 valence electrons. The van der Waals surface area contributed by atoms with Crippen LogP contribution in [-0.4, -0.2) is 35.4 Å². The van der Waals surface area contributed by atoms with Crippen molar-refractivity contribution in [2.24, 2.45) is 5.92 Å². The van der Waals surface area contributed by atoms with Crippen molar-refractivity contribution in [3.8, 4) is 0 Å². The summed E-state index contributed by atoms with van der Waals surface area (Å²) in [7, 11) is 0. The molecule has 0 spiro atoms. The monoisotopic (exact) mass is 303 g/mol. The second-order valence-electron chi connectivity index (χ2n) is 6.17. The Kier molecular flexibility index (Phi) is 4.38. The fourth-order valence-corrected chi connectivity index (χ4v) is 3.32. The Morgan fingerprint density at radius 2 is 2.27 bits per heavy atom. The van der Waals surface area contributed by atoms with E-state index in [9.17, 15) is 14.9 Å². The molecule has 1 atom stereocenters. The van der Waals surface area contributed by atoms with Crippen LogP contribution in [0.1, 0.15) is 30.4 Å².